The van der Waals surface area contributed by atoms with Gasteiger partial charge in [0.2, 0.25) is 0 Å². The average molecular weight is 134 g/mol. The van der Waals surface area contributed by atoms with E-state index in [4.69, 9.17) is 5.53 Å². The normalized spacial score (nSPS) is 8.90. The van der Waals surface area contributed by atoms with Gasteiger partial charge in [0.25, 0.3) is 0 Å². The summed E-state index contributed by atoms with van der Waals surface area (Å²) in [7, 11) is 1.84. The maximum absolute atomic E-state index is 8.31. The van der Waals surface area contributed by atoms with Crippen molar-refractivity contribution in [1.29, 1.82) is 0 Å². The van der Waals surface area contributed by atoms with Crippen molar-refractivity contribution in [1.82, 2.24) is 5.53 Å². The van der Waals surface area contributed by atoms with Crippen molar-refractivity contribution in [2.45, 2.75) is 0 Å². The fraction of sp³-hybridized carbons (Fsp3) is 0.143. The Labute approximate surface area is 59.6 Å². The van der Waals surface area contributed by atoms with Crippen LogP contribution in [0.3, 0.4) is 0 Å². The summed E-state index contributed by atoms with van der Waals surface area (Å²) in [5.41, 5.74) is 9.88. The number of rotatable bonds is 2. The summed E-state index contributed by atoms with van der Waals surface area (Å²) in [6.07, 6.45) is 0. The van der Waals surface area contributed by atoms with Crippen LogP contribution < -0.4 is 10.8 Å². The Kier molecular flexibility index (Phi) is 1.99. The summed E-state index contributed by atoms with van der Waals surface area (Å²) in [4.78, 5) is 0. The number of hydrogen-bond donors (Lipinski definition) is 1. The van der Waals surface area contributed by atoms with Gasteiger partial charge in [-0.1, -0.05) is 0 Å². The Balaban J connectivity index is 2.90. The molecule has 0 unspecified atom stereocenters. The Bertz CT molecular complexity index is 215. The van der Waals surface area contributed by atoms with Gasteiger partial charge in [-0.05, 0) is 29.8 Å². The monoisotopic (exact) mass is 134 g/mol. The van der Waals surface area contributed by atoms with E-state index < -0.39 is 0 Å². The summed E-state index contributed by atoms with van der Waals surface area (Å²) in [5.74, 6) is 0. The molecule has 1 aromatic rings. The van der Waals surface area contributed by atoms with Gasteiger partial charge in [0.05, 0.1) is 5.69 Å². The number of nitrogens with one attached hydrogen (secondary N) is 1. The molecular formula is C7H8N3. The van der Waals surface area contributed by atoms with Crippen molar-refractivity contribution in [2.75, 3.05) is 12.4 Å². The highest BCUT2D eigenvalue weighted by Crippen LogP contribution is 2.14. The molecule has 0 heterocycles. The lowest BCUT2D eigenvalue weighted by Gasteiger charge is -1.96. The first-order valence-corrected chi connectivity index (χ1v) is 2.99. The lowest BCUT2D eigenvalue weighted by molar-refractivity contribution is 1.30. The van der Waals surface area contributed by atoms with Crippen LogP contribution in [0.25, 0.3) is 0 Å². The first kappa shape index (κ1) is 6.74. The molecule has 1 radical (unpaired) electrons. The molecule has 0 aliphatic carbocycles. The third-order valence-electron chi connectivity index (χ3n) is 1.27. The van der Waals surface area contributed by atoms with Gasteiger partial charge >= 0.3 is 0 Å². The Hall–Kier alpha value is -1.38. The predicted molar refractivity (Wildman–Crippen MR) is 40.2 cm³/mol. The van der Waals surface area contributed by atoms with Crippen LogP contribution >= 0.6 is 0 Å². The van der Waals surface area contributed by atoms with Crippen molar-refractivity contribution in [3.8, 4) is 0 Å². The van der Waals surface area contributed by atoms with E-state index in [1.54, 1.807) is 12.1 Å². The third kappa shape index (κ3) is 1.31. The first-order valence-electron chi connectivity index (χ1n) is 2.99. The second-order valence-corrected chi connectivity index (χ2v) is 1.90. The van der Waals surface area contributed by atoms with Gasteiger partial charge in [-0.2, -0.15) is 0 Å². The van der Waals surface area contributed by atoms with E-state index in [1.807, 2.05) is 19.2 Å². The summed E-state index contributed by atoms with van der Waals surface area (Å²) in [5, 5.41) is 5.97. The second kappa shape index (κ2) is 2.96. The molecule has 1 rings (SSSR count). The number of nitrogens with zero attached hydrogens (tertiary/aromatic N) is 2. The molecule has 0 aliphatic rings. The molecule has 0 amide bonds. The number of hydrogen-bond acceptors (Lipinski definition) is 2. The predicted octanol–water partition coefficient (Wildman–Crippen LogP) is 1.61. The summed E-state index contributed by atoms with van der Waals surface area (Å²) in [6.45, 7) is 0. The lowest BCUT2D eigenvalue weighted by atomic mass is 10.3. The minimum atomic E-state index is 0.569. The van der Waals surface area contributed by atoms with E-state index >= 15 is 0 Å². The summed E-state index contributed by atoms with van der Waals surface area (Å²) < 4.78 is 0. The van der Waals surface area contributed by atoms with Gasteiger partial charge in [-0.3, -0.25) is 0 Å². The van der Waals surface area contributed by atoms with Crippen molar-refractivity contribution in [2.24, 2.45) is 5.11 Å². The molecule has 0 saturated heterocycles. The van der Waals surface area contributed by atoms with Crippen molar-refractivity contribution < 1.29 is 0 Å². The Morgan fingerprint density at radius 2 is 1.90 bits per heavy atom. The Morgan fingerprint density at radius 3 is 2.30 bits per heavy atom. The maximum atomic E-state index is 8.31. The minimum absolute atomic E-state index is 0.569. The van der Waals surface area contributed by atoms with Gasteiger partial charge in [-0.15, -0.1) is 5.11 Å². The van der Waals surface area contributed by atoms with Crippen LogP contribution in [0.2, 0.25) is 0 Å². The fourth-order valence-corrected chi connectivity index (χ4v) is 0.695. The molecule has 0 aliphatic heterocycles. The highest BCUT2D eigenvalue weighted by molar-refractivity contribution is 5.49. The van der Waals surface area contributed by atoms with Crippen LogP contribution in [0.4, 0.5) is 11.4 Å². The van der Waals surface area contributed by atoms with E-state index in [2.05, 4.69) is 10.4 Å². The molecule has 0 bridgehead atoms. The highest BCUT2D eigenvalue weighted by atomic mass is 15.0. The van der Waals surface area contributed by atoms with Crippen molar-refractivity contribution in [3.05, 3.63) is 24.3 Å². The molecule has 0 saturated carbocycles. The molecule has 51 valence electrons. The molecule has 1 aromatic carbocycles. The van der Waals surface area contributed by atoms with E-state index in [0.717, 1.165) is 5.69 Å². The van der Waals surface area contributed by atoms with Crippen molar-refractivity contribution >= 4 is 11.4 Å². The van der Waals surface area contributed by atoms with Crippen LogP contribution in [0.1, 0.15) is 0 Å². The van der Waals surface area contributed by atoms with Crippen LogP contribution in [-0.2, 0) is 0 Å². The summed E-state index contributed by atoms with van der Waals surface area (Å²) >= 11 is 0. The second-order valence-electron chi connectivity index (χ2n) is 1.90. The molecular weight excluding hydrogens is 126 g/mol. The zero-order valence-corrected chi connectivity index (χ0v) is 5.70. The van der Waals surface area contributed by atoms with Gasteiger partial charge in [0, 0.05) is 12.7 Å². The molecule has 0 spiro atoms. The van der Waals surface area contributed by atoms with E-state index in [-0.39, 0.29) is 0 Å². The van der Waals surface area contributed by atoms with Crippen LogP contribution in [0.5, 0.6) is 0 Å². The SMILES string of the molecule is CNc1ccc(N=[N])cc1. The number of anilines is 1. The average Bonchev–Trinajstić information content (AvgIpc) is 2.05. The molecule has 3 nitrogen and oxygen atoms in total. The zero-order chi connectivity index (χ0) is 7.40. The molecule has 3 heteroatoms. The van der Waals surface area contributed by atoms with Crippen LogP contribution in [0, 0.1) is 0 Å². The largest absolute Gasteiger partial charge is 0.388 e. The van der Waals surface area contributed by atoms with E-state index in [0.29, 0.717) is 5.69 Å². The highest BCUT2D eigenvalue weighted by Gasteiger charge is 1.87. The van der Waals surface area contributed by atoms with Crippen molar-refractivity contribution in [3.63, 3.8) is 0 Å². The topological polar surface area (TPSA) is 46.7 Å². The third-order valence-corrected chi connectivity index (χ3v) is 1.27. The van der Waals surface area contributed by atoms with Gasteiger partial charge in [0.1, 0.15) is 0 Å². The van der Waals surface area contributed by atoms with Gasteiger partial charge in [0.15, 0.2) is 0 Å². The first-order chi connectivity index (χ1) is 4.86. The van der Waals surface area contributed by atoms with Gasteiger partial charge < -0.3 is 5.32 Å². The summed E-state index contributed by atoms with van der Waals surface area (Å²) in [6, 6.07) is 7.14. The quantitative estimate of drug-likeness (QED) is 0.613. The Morgan fingerprint density at radius 1 is 1.30 bits per heavy atom. The standard InChI is InChI=1S/C7H8N3/c1-9-6-2-4-7(10-8)5-3-6/h2-5,9H,1H3. The number of benzene rings is 1. The van der Waals surface area contributed by atoms with E-state index in [1.165, 1.54) is 0 Å². The fourth-order valence-electron chi connectivity index (χ4n) is 0.695. The van der Waals surface area contributed by atoms with Crippen LogP contribution in [-0.4, -0.2) is 7.05 Å². The molecule has 0 atom stereocenters. The van der Waals surface area contributed by atoms with Gasteiger partial charge in [-0.25, -0.2) is 0 Å². The van der Waals surface area contributed by atoms with E-state index in [9.17, 15) is 0 Å². The lowest BCUT2D eigenvalue weighted by Crippen LogP contribution is -1.84. The minimum Gasteiger partial charge on any atom is -0.388 e. The molecule has 0 aromatic heterocycles. The smallest absolute Gasteiger partial charge is 0.0877 e. The molecule has 1 N–H and O–H groups in total. The maximum Gasteiger partial charge on any atom is 0.0877 e. The molecule has 10 heavy (non-hydrogen) atoms. The zero-order valence-electron chi connectivity index (χ0n) is 5.70. The van der Waals surface area contributed by atoms with Crippen LogP contribution in [0.15, 0.2) is 29.4 Å². The molecule has 0 fully saturated rings.